The van der Waals surface area contributed by atoms with Crippen LogP contribution in [0.5, 0.6) is 0 Å². The monoisotopic (exact) mass is 302 g/mol. The van der Waals surface area contributed by atoms with E-state index in [-0.39, 0.29) is 22.9 Å². The topological polar surface area (TPSA) is 84.0 Å². The molecule has 0 atom stereocenters. The molecule has 0 saturated heterocycles. The molecular formula is C14H11ClN4O2. The summed E-state index contributed by atoms with van der Waals surface area (Å²) in [7, 11) is 0. The Balaban J connectivity index is 1.83. The van der Waals surface area contributed by atoms with Crippen LogP contribution in [0.25, 0.3) is 0 Å². The third-order valence-corrected chi connectivity index (χ3v) is 3.24. The predicted molar refractivity (Wildman–Crippen MR) is 78.5 cm³/mol. The number of nitrogens with zero attached hydrogens (tertiary/aromatic N) is 2. The summed E-state index contributed by atoms with van der Waals surface area (Å²) >= 11 is 5.82. The average Bonchev–Trinajstić information content (AvgIpc) is 2.76. The van der Waals surface area contributed by atoms with Gasteiger partial charge in [0.25, 0.3) is 5.91 Å². The van der Waals surface area contributed by atoms with E-state index in [0.29, 0.717) is 23.4 Å². The molecule has 106 valence electrons. The van der Waals surface area contributed by atoms with E-state index in [0.717, 1.165) is 5.56 Å². The molecule has 2 amide bonds. The molecular weight excluding hydrogens is 292 g/mol. The van der Waals surface area contributed by atoms with Crippen LogP contribution < -0.4 is 10.6 Å². The fraction of sp³-hybridized carbons (Fsp3) is 0.143. The van der Waals surface area contributed by atoms with Crippen LogP contribution in [0.3, 0.4) is 0 Å². The zero-order valence-electron chi connectivity index (χ0n) is 11.1. The van der Waals surface area contributed by atoms with Crippen molar-refractivity contribution in [2.24, 2.45) is 0 Å². The minimum absolute atomic E-state index is 0.0728. The fourth-order valence-electron chi connectivity index (χ4n) is 2.12. The maximum Gasteiger partial charge on any atom is 0.258 e. The zero-order chi connectivity index (χ0) is 15.0. The highest BCUT2D eigenvalue weighted by atomic mass is 35.5. The molecule has 1 aromatic heterocycles. The minimum Gasteiger partial charge on any atom is -0.326 e. The van der Waals surface area contributed by atoms with Crippen molar-refractivity contribution in [2.45, 2.75) is 13.3 Å². The van der Waals surface area contributed by atoms with E-state index in [4.69, 9.17) is 11.6 Å². The molecule has 1 aliphatic heterocycles. The van der Waals surface area contributed by atoms with Crippen LogP contribution in [0, 0.1) is 6.92 Å². The van der Waals surface area contributed by atoms with Crippen LogP contribution in [-0.2, 0) is 11.2 Å². The molecule has 7 heteroatoms. The lowest BCUT2D eigenvalue weighted by atomic mass is 10.1. The Morgan fingerprint density at radius 3 is 2.90 bits per heavy atom. The first kappa shape index (κ1) is 13.5. The van der Waals surface area contributed by atoms with E-state index < -0.39 is 0 Å². The first-order valence-electron chi connectivity index (χ1n) is 6.26. The van der Waals surface area contributed by atoms with Gasteiger partial charge in [-0.25, -0.2) is 9.97 Å². The van der Waals surface area contributed by atoms with Crippen LogP contribution in [0.15, 0.2) is 24.3 Å². The highest BCUT2D eigenvalue weighted by Gasteiger charge is 2.19. The van der Waals surface area contributed by atoms with Crippen molar-refractivity contribution >= 4 is 35.1 Å². The number of benzene rings is 1. The third-order valence-electron chi connectivity index (χ3n) is 3.05. The molecule has 21 heavy (non-hydrogen) atoms. The lowest BCUT2D eigenvalue weighted by Gasteiger charge is -2.06. The Hall–Kier alpha value is -2.47. The highest BCUT2D eigenvalue weighted by Crippen LogP contribution is 2.24. The van der Waals surface area contributed by atoms with E-state index >= 15 is 0 Å². The summed E-state index contributed by atoms with van der Waals surface area (Å²) in [5.41, 5.74) is 2.62. The maximum atomic E-state index is 12.2. The fourth-order valence-corrected chi connectivity index (χ4v) is 2.35. The Morgan fingerprint density at radius 1 is 1.33 bits per heavy atom. The van der Waals surface area contributed by atoms with Gasteiger partial charge in [0.2, 0.25) is 11.9 Å². The first-order valence-corrected chi connectivity index (χ1v) is 6.64. The summed E-state index contributed by atoms with van der Waals surface area (Å²) in [6, 6.07) is 6.65. The van der Waals surface area contributed by atoms with E-state index in [1.165, 1.54) is 0 Å². The summed E-state index contributed by atoms with van der Waals surface area (Å²) in [5, 5.41) is 5.55. The summed E-state index contributed by atoms with van der Waals surface area (Å²) in [5.74, 6) is -0.286. The van der Waals surface area contributed by atoms with Gasteiger partial charge in [-0.1, -0.05) is 17.7 Å². The average molecular weight is 303 g/mol. The second kappa shape index (κ2) is 5.14. The van der Waals surface area contributed by atoms with Crippen LogP contribution in [0.2, 0.25) is 5.15 Å². The number of carbonyl (C=O) groups is 2. The molecule has 0 aliphatic carbocycles. The molecule has 0 saturated carbocycles. The normalized spacial score (nSPS) is 12.8. The quantitative estimate of drug-likeness (QED) is 0.833. The van der Waals surface area contributed by atoms with Gasteiger partial charge in [0, 0.05) is 16.9 Å². The Kier molecular flexibility index (Phi) is 3.31. The SMILES string of the molecule is Cc1cc(Cl)nc(NC(=O)c2ccc3c(c2)NC(=O)C3)n1. The zero-order valence-corrected chi connectivity index (χ0v) is 11.9. The predicted octanol–water partition coefficient (Wildman–Crippen LogP) is 2.19. The molecule has 0 bridgehead atoms. The molecule has 2 N–H and O–H groups in total. The number of halogens is 1. The van der Waals surface area contributed by atoms with Crippen LogP contribution in [0.1, 0.15) is 21.6 Å². The van der Waals surface area contributed by atoms with Crippen molar-refractivity contribution in [3.05, 3.63) is 46.2 Å². The van der Waals surface area contributed by atoms with Gasteiger partial charge in [-0.15, -0.1) is 0 Å². The molecule has 1 aromatic carbocycles. The van der Waals surface area contributed by atoms with Crippen LogP contribution in [0.4, 0.5) is 11.6 Å². The third kappa shape index (κ3) is 2.85. The molecule has 0 fully saturated rings. The van der Waals surface area contributed by atoms with Crippen molar-refractivity contribution in [2.75, 3.05) is 10.6 Å². The van der Waals surface area contributed by atoms with Gasteiger partial charge in [-0.3, -0.25) is 14.9 Å². The number of aromatic nitrogens is 2. The number of nitrogens with one attached hydrogen (secondary N) is 2. The number of hydrogen-bond acceptors (Lipinski definition) is 4. The lowest BCUT2D eigenvalue weighted by Crippen LogP contribution is -2.14. The van der Waals surface area contributed by atoms with Crippen molar-refractivity contribution < 1.29 is 9.59 Å². The number of anilines is 2. The van der Waals surface area contributed by atoms with Gasteiger partial charge >= 0.3 is 0 Å². The molecule has 0 radical (unpaired) electrons. The molecule has 2 heterocycles. The number of amides is 2. The van der Waals surface area contributed by atoms with Gasteiger partial charge < -0.3 is 5.32 Å². The number of fused-ring (bicyclic) bond motifs is 1. The smallest absolute Gasteiger partial charge is 0.258 e. The van der Waals surface area contributed by atoms with Gasteiger partial charge in [0.05, 0.1) is 6.42 Å². The Morgan fingerprint density at radius 2 is 2.14 bits per heavy atom. The summed E-state index contributed by atoms with van der Waals surface area (Å²) in [6.07, 6.45) is 0.341. The number of rotatable bonds is 2. The second-order valence-electron chi connectivity index (χ2n) is 4.71. The van der Waals surface area contributed by atoms with E-state index in [1.54, 1.807) is 31.2 Å². The Bertz CT molecular complexity index is 740. The number of aryl methyl sites for hydroxylation is 1. The maximum absolute atomic E-state index is 12.2. The summed E-state index contributed by atoms with van der Waals surface area (Å²) < 4.78 is 0. The Labute approximate surface area is 125 Å². The highest BCUT2D eigenvalue weighted by molar-refractivity contribution is 6.29. The van der Waals surface area contributed by atoms with Gasteiger partial charge in [-0.05, 0) is 30.7 Å². The summed E-state index contributed by atoms with van der Waals surface area (Å²) in [4.78, 5) is 31.5. The number of carbonyl (C=O) groups excluding carboxylic acids is 2. The lowest BCUT2D eigenvalue weighted by molar-refractivity contribution is -0.115. The first-order chi connectivity index (χ1) is 10.0. The van der Waals surface area contributed by atoms with Crippen molar-refractivity contribution in [3.8, 4) is 0 Å². The summed E-state index contributed by atoms with van der Waals surface area (Å²) in [6.45, 7) is 1.76. The minimum atomic E-state index is -0.361. The van der Waals surface area contributed by atoms with Crippen molar-refractivity contribution in [1.82, 2.24) is 9.97 Å². The van der Waals surface area contributed by atoms with E-state index in [2.05, 4.69) is 20.6 Å². The van der Waals surface area contributed by atoms with Crippen LogP contribution in [-0.4, -0.2) is 21.8 Å². The van der Waals surface area contributed by atoms with Crippen molar-refractivity contribution in [1.29, 1.82) is 0 Å². The van der Waals surface area contributed by atoms with Gasteiger partial charge in [0.15, 0.2) is 0 Å². The molecule has 3 rings (SSSR count). The molecule has 0 spiro atoms. The van der Waals surface area contributed by atoms with Crippen LogP contribution >= 0.6 is 11.6 Å². The standard InChI is InChI=1S/C14H11ClN4O2/c1-7-4-11(15)18-14(16-7)19-13(21)9-3-2-8-6-12(20)17-10(8)5-9/h2-5H,6H2,1H3,(H,17,20)(H,16,18,19,21). The largest absolute Gasteiger partial charge is 0.326 e. The molecule has 0 unspecified atom stereocenters. The van der Waals surface area contributed by atoms with Gasteiger partial charge in [0.1, 0.15) is 5.15 Å². The molecule has 1 aliphatic rings. The van der Waals surface area contributed by atoms with Crippen molar-refractivity contribution in [3.63, 3.8) is 0 Å². The second-order valence-corrected chi connectivity index (χ2v) is 5.09. The molecule has 2 aromatic rings. The van der Waals surface area contributed by atoms with E-state index in [1.807, 2.05) is 0 Å². The van der Waals surface area contributed by atoms with E-state index in [9.17, 15) is 9.59 Å². The number of hydrogen-bond donors (Lipinski definition) is 2. The van der Waals surface area contributed by atoms with Gasteiger partial charge in [-0.2, -0.15) is 0 Å². The molecule has 6 nitrogen and oxygen atoms in total.